The van der Waals surface area contributed by atoms with Crippen LogP contribution in [0.2, 0.25) is 0 Å². The molecule has 0 aliphatic heterocycles. The second kappa shape index (κ2) is 9.90. The van der Waals surface area contributed by atoms with Gasteiger partial charge in [0.1, 0.15) is 12.1 Å². The summed E-state index contributed by atoms with van der Waals surface area (Å²) in [6.45, 7) is 0. The largest absolute Gasteiger partial charge is 0.345 e. The van der Waals surface area contributed by atoms with Crippen LogP contribution in [-0.4, -0.2) is 20.9 Å². The van der Waals surface area contributed by atoms with Crippen molar-refractivity contribution in [2.75, 3.05) is 0 Å². The maximum atomic E-state index is 14.2. The molecule has 6 heteroatoms. The summed E-state index contributed by atoms with van der Waals surface area (Å²) in [5.74, 6) is -0.204. The highest BCUT2D eigenvalue weighted by Gasteiger charge is 2.35. The molecule has 5 nitrogen and oxygen atoms in total. The zero-order chi connectivity index (χ0) is 25.2. The van der Waals surface area contributed by atoms with Gasteiger partial charge in [-0.25, -0.2) is 19.3 Å². The summed E-state index contributed by atoms with van der Waals surface area (Å²) in [6.07, 6.45) is 7.47. The topological polar surface area (TPSA) is 67.8 Å². The Morgan fingerprint density at radius 3 is 2.46 bits per heavy atom. The third kappa shape index (κ3) is 4.83. The predicted octanol–water partition coefficient (Wildman–Crippen LogP) is 6.30. The molecule has 2 aromatic heterocycles. The molecule has 1 fully saturated rings. The van der Waals surface area contributed by atoms with E-state index in [9.17, 15) is 9.18 Å². The van der Waals surface area contributed by atoms with Crippen molar-refractivity contribution in [2.45, 2.75) is 25.3 Å². The fourth-order valence-electron chi connectivity index (χ4n) is 4.96. The number of carbonyl (C=O) groups excluding carboxylic acids is 1. The molecule has 1 aliphatic carbocycles. The lowest BCUT2D eigenvalue weighted by atomic mass is 9.91. The van der Waals surface area contributed by atoms with Gasteiger partial charge in [-0.05, 0) is 53.6 Å². The highest BCUT2D eigenvalue weighted by atomic mass is 19.1. The molecule has 1 saturated carbocycles. The summed E-state index contributed by atoms with van der Waals surface area (Å²) >= 11 is 0. The highest BCUT2D eigenvalue weighted by molar-refractivity contribution is 6.09. The number of nitrogens with zero attached hydrogens (tertiary/aromatic N) is 3. The summed E-state index contributed by atoms with van der Waals surface area (Å²) in [6, 6.07) is 23.9. The molecule has 0 unspecified atom stereocenters. The van der Waals surface area contributed by atoms with Gasteiger partial charge in [0.05, 0.1) is 22.8 Å². The molecule has 1 amide bonds. The number of aromatic nitrogens is 3. The molecule has 2 heterocycles. The summed E-state index contributed by atoms with van der Waals surface area (Å²) in [5, 5.41) is 4.05. The van der Waals surface area contributed by atoms with Crippen molar-refractivity contribution in [3.05, 3.63) is 126 Å². The van der Waals surface area contributed by atoms with E-state index in [1.54, 1.807) is 18.5 Å². The normalized spacial score (nSPS) is 13.9. The Kier molecular flexibility index (Phi) is 6.15. The number of amides is 1. The first-order valence-corrected chi connectivity index (χ1v) is 12.4. The van der Waals surface area contributed by atoms with Crippen molar-refractivity contribution in [1.29, 1.82) is 0 Å². The zero-order valence-corrected chi connectivity index (χ0v) is 20.1. The molecule has 0 saturated heterocycles. The van der Waals surface area contributed by atoms with E-state index in [1.807, 2.05) is 60.7 Å². The number of para-hydroxylation sites is 1. The Morgan fingerprint density at radius 2 is 1.70 bits per heavy atom. The van der Waals surface area contributed by atoms with E-state index in [-0.39, 0.29) is 17.8 Å². The van der Waals surface area contributed by atoms with E-state index in [1.165, 1.54) is 18.5 Å². The molecule has 0 spiro atoms. The zero-order valence-electron chi connectivity index (χ0n) is 20.1. The van der Waals surface area contributed by atoms with Crippen LogP contribution in [0.1, 0.15) is 45.9 Å². The van der Waals surface area contributed by atoms with Gasteiger partial charge in [0.15, 0.2) is 0 Å². The van der Waals surface area contributed by atoms with Gasteiger partial charge in [-0.15, -0.1) is 0 Å². The van der Waals surface area contributed by atoms with Gasteiger partial charge in [0, 0.05) is 29.8 Å². The molecule has 182 valence electrons. The van der Waals surface area contributed by atoms with Gasteiger partial charge in [-0.2, -0.15) is 0 Å². The van der Waals surface area contributed by atoms with Gasteiger partial charge < -0.3 is 5.32 Å². The van der Waals surface area contributed by atoms with Crippen molar-refractivity contribution >= 4 is 16.8 Å². The molecule has 37 heavy (non-hydrogen) atoms. The van der Waals surface area contributed by atoms with E-state index in [4.69, 9.17) is 4.98 Å². The fourth-order valence-corrected chi connectivity index (χ4v) is 4.96. The van der Waals surface area contributed by atoms with Gasteiger partial charge in [-0.3, -0.25) is 4.79 Å². The SMILES string of the molecule is O=C(N[C@@H](c1cccc(F)c1)C1CC1)c1c(Cc2cncnc2)c(-c2ccccc2)nc2ccccc12. The van der Waals surface area contributed by atoms with Crippen molar-refractivity contribution in [3.8, 4) is 11.3 Å². The third-order valence-electron chi connectivity index (χ3n) is 6.85. The Hall–Kier alpha value is -4.45. The Morgan fingerprint density at radius 1 is 0.946 bits per heavy atom. The Labute approximate surface area is 214 Å². The van der Waals surface area contributed by atoms with Crippen LogP contribution in [0.5, 0.6) is 0 Å². The van der Waals surface area contributed by atoms with E-state index < -0.39 is 0 Å². The summed E-state index contributed by atoms with van der Waals surface area (Å²) in [5.41, 5.74) is 5.49. The van der Waals surface area contributed by atoms with E-state index >= 15 is 0 Å². The second-order valence-corrected chi connectivity index (χ2v) is 9.46. The number of pyridine rings is 1. The fraction of sp³-hybridized carbons (Fsp3) is 0.161. The van der Waals surface area contributed by atoms with Crippen LogP contribution in [0.25, 0.3) is 22.2 Å². The minimum Gasteiger partial charge on any atom is -0.345 e. The van der Waals surface area contributed by atoms with Crippen LogP contribution in [0.15, 0.2) is 97.6 Å². The number of nitrogens with one attached hydrogen (secondary N) is 1. The quantitative estimate of drug-likeness (QED) is 0.292. The van der Waals surface area contributed by atoms with Crippen molar-refractivity contribution in [2.24, 2.45) is 5.92 Å². The lowest BCUT2D eigenvalue weighted by molar-refractivity contribution is 0.0932. The molecule has 1 atom stereocenters. The number of fused-ring (bicyclic) bond motifs is 1. The maximum Gasteiger partial charge on any atom is 0.252 e. The molecule has 3 aromatic carbocycles. The van der Waals surface area contributed by atoms with Gasteiger partial charge in [-0.1, -0.05) is 60.7 Å². The average molecular weight is 489 g/mol. The Balaban J connectivity index is 1.52. The van der Waals surface area contributed by atoms with Gasteiger partial charge in [0.25, 0.3) is 5.91 Å². The minimum absolute atomic E-state index is 0.191. The first-order chi connectivity index (χ1) is 18.2. The standard InChI is InChI=1S/C31H25FN4O/c32-24-10-6-9-23(16-24)29(22-13-14-22)36-31(37)28-25-11-4-5-12-27(25)35-30(21-7-2-1-3-8-21)26(28)15-20-17-33-19-34-18-20/h1-12,16-19,22,29H,13-15H2,(H,36,37)/t29-/m1/s1. The van der Waals surface area contributed by atoms with Crippen molar-refractivity contribution in [3.63, 3.8) is 0 Å². The summed E-state index contributed by atoms with van der Waals surface area (Å²) in [4.78, 5) is 27.6. The van der Waals surface area contributed by atoms with Crippen LogP contribution in [0.4, 0.5) is 4.39 Å². The molecule has 0 radical (unpaired) electrons. The number of carbonyl (C=O) groups is 1. The van der Waals surface area contributed by atoms with Crippen molar-refractivity contribution < 1.29 is 9.18 Å². The number of halogens is 1. The van der Waals surface area contributed by atoms with Crippen LogP contribution in [0.3, 0.4) is 0 Å². The number of benzene rings is 3. The summed E-state index contributed by atoms with van der Waals surface area (Å²) < 4.78 is 14.1. The lowest BCUT2D eigenvalue weighted by Gasteiger charge is -2.22. The average Bonchev–Trinajstić information content (AvgIpc) is 3.78. The predicted molar refractivity (Wildman–Crippen MR) is 141 cm³/mol. The van der Waals surface area contributed by atoms with Gasteiger partial charge >= 0.3 is 0 Å². The highest BCUT2D eigenvalue weighted by Crippen LogP contribution is 2.42. The van der Waals surface area contributed by atoms with E-state index in [2.05, 4.69) is 15.3 Å². The van der Waals surface area contributed by atoms with Crippen molar-refractivity contribution in [1.82, 2.24) is 20.3 Å². The Bertz CT molecular complexity index is 1570. The van der Waals surface area contributed by atoms with E-state index in [0.29, 0.717) is 17.9 Å². The number of rotatable bonds is 7. The summed E-state index contributed by atoms with van der Waals surface area (Å²) in [7, 11) is 0. The second-order valence-electron chi connectivity index (χ2n) is 9.46. The number of hydrogen-bond donors (Lipinski definition) is 1. The lowest BCUT2D eigenvalue weighted by Crippen LogP contribution is -2.31. The first kappa shape index (κ1) is 23.0. The minimum atomic E-state index is -0.303. The van der Waals surface area contributed by atoms with Gasteiger partial charge in [0.2, 0.25) is 0 Å². The van der Waals surface area contributed by atoms with Crippen LogP contribution >= 0.6 is 0 Å². The third-order valence-corrected chi connectivity index (χ3v) is 6.85. The van der Waals surface area contributed by atoms with E-state index in [0.717, 1.165) is 51.7 Å². The molecule has 6 rings (SSSR count). The van der Waals surface area contributed by atoms with Crippen LogP contribution in [-0.2, 0) is 6.42 Å². The molecular formula is C31H25FN4O. The molecule has 1 aliphatic rings. The molecule has 1 N–H and O–H groups in total. The van der Waals surface area contributed by atoms with Crippen LogP contribution < -0.4 is 5.32 Å². The van der Waals surface area contributed by atoms with Crippen LogP contribution in [0, 0.1) is 11.7 Å². The smallest absolute Gasteiger partial charge is 0.252 e. The monoisotopic (exact) mass is 488 g/mol. The molecule has 5 aromatic rings. The molecular weight excluding hydrogens is 463 g/mol. The maximum absolute atomic E-state index is 14.2. The number of hydrogen-bond acceptors (Lipinski definition) is 4. The molecule has 0 bridgehead atoms. The first-order valence-electron chi connectivity index (χ1n) is 12.4.